The number of ether oxygens (including phenoxy) is 1. The summed E-state index contributed by atoms with van der Waals surface area (Å²) in [4.78, 5) is 17.0. The maximum absolute atomic E-state index is 12.3. The third-order valence-corrected chi connectivity index (χ3v) is 4.20. The lowest BCUT2D eigenvalue weighted by atomic mass is 10.2. The van der Waals surface area contributed by atoms with Crippen LogP contribution in [0.15, 0.2) is 24.3 Å². The molecule has 1 saturated heterocycles. The second kappa shape index (κ2) is 9.97. The molecular weight excluding hydrogens is 363 g/mol. The highest BCUT2D eigenvalue weighted by Gasteiger charge is 2.21. The van der Waals surface area contributed by atoms with Gasteiger partial charge in [-0.05, 0) is 26.0 Å². The first-order valence-corrected chi connectivity index (χ1v) is 8.24. The fraction of sp³-hybridized carbons (Fsp3) is 0.529. The number of fused-ring (bicyclic) bond motifs is 1. The number of hydrogen-bond donors (Lipinski definition) is 2. The minimum absolute atomic E-state index is 0. The summed E-state index contributed by atoms with van der Waals surface area (Å²) in [6.45, 7) is 7.02. The van der Waals surface area contributed by atoms with Crippen LogP contribution < -0.4 is 10.6 Å². The number of hydrogen-bond acceptors (Lipinski definition) is 4. The molecule has 1 aliphatic heterocycles. The highest BCUT2D eigenvalue weighted by molar-refractivity contribution is 5.85. The zero-order valence-corrected chi connectivity index (χ0v) is 16.2. The van der Waals surface area contributed by atoms with E-state index in [4.69, 9.17) is 9.72 Å². The molecule has 0 saturated carbocycles. The summed E-state index contributed by atoms with van der Waals surface area (Å²) in [6.07, 6.45) is 0.427. The molecule has 25 heavy (non-hydrogen) atoms. The number of halogens is 2. The number of nitrogens with one attached hydrogen (secondary N) is 2. The summed E-state index contributed by atoms with van der Waals surface area (Å²) >= 11 is 0. The lowest BCUT2D eigenvalue weighted by Crippen LogP contribution is -2.44. The number of benzene rings is 1. The van der Waals surface area contributed by atoms with Gasteiger partial charge in [0.25, 0.3) is 0 Å². The summed E-state index contributed by atoms with van der Waals surface area (Å²) in [5, 5.41) is 6.36. The van der Waals surface area contributed by atoms with Gasteiger partial charge in [0.05, 0.1) is 30.3 Å². The maximum Gasteiger partial charge on any atom is 0.222 e. The van der Waals surface area contributed by atoms with Crippen molar-refractivity contribution in [3.63, 3.8) is 0 Å². The Balaban J connectivity index is 0.00000156. The number of aryl methyl sites for hydroxylation is 1. The molecule has 1 fully saturated rings. The smallest absolute Gasteiger partial charge is 0.222 e. The quantitative estimate of drug-likeness (QED) is 0.825. The molecule has 1 amide bonds. The van der Waals surface area contributed by atoms with E-state index >= 15 is 0 Å². The van der Waals surface area contributed by atoms with Crippen molar-refractivity contribution >= 4 is 41.8 Å². The van der Waals surface area contributed by atoms with E-state index in [1.54, 1.807) is 0 Å². The van der Waals surface area contributed by atoms with E-state index in [2.05, 4.69) is 28.2 Å². The fourth-order valence-electron chi connectivity index (χ4n) is 3.10. The molecule has 0 radical (unpaired) electrons. The molecule has 2 N–H and O–H groups in total. The van der Waals surface area contributed by atoms with Crippen LogP contribution in [0, 0.1) is 0 Å². The molecule has 8 heteroatoms. The van der Waals surface area contributed by atoms with Crippen molar-refractivity contribution in [1.29, 1.82) is 0 Å². The second-order valence-corrected chi connectivity index (χ2v) is 5.92. The van der Waals surface area contributed by atoms with Crippen molar-refractivity contribution in [1.82, 2.24) is 20.2 Å². The zero-order chi connectivity index (χ0) is 16.2. The minimum atomic E-state index is -0.126. The van der Waals surface area contributed by atoms with Crippen LogP contribution in [0.1, 0.15) is 32.1 Å². The van der Waals surface area contributed by atoms with E-state index in [1.165, 1.54) is 0 Å². The third-order valence-electron chi connectivity index (χ3n) is 4.20. The molecule has 1 aliphatic rings. The highest BCUT2D eigenvalue weighted by atomic mass is 35.5. The lowest BCUT2D eigenvalue weighted by molar-refractivity contribution is -0.123. The number of nitrogens with zero attached hydrogens (tertiary/aromatic N) is 2. The van der Waals surface area contributed by atoms with Gasteiger partial charge in [-0.1, -0.05) is 12.1 Å². The normalized spacial score (nSPS) is 18.1. The van der Waals surface area contributed by atoms with Crippen molar-refractivity contribution in [2.75, 3.05) is 19.8 Å². The van der Waals surface area contributed by atoms with Gasteiger partial charge >= 0.3 is 0 Å². The summed E-state index contributed by atoms with van der Waals surface area (Å²) in [5.41, 5.74) is 2.07. The molecule has 140 valence electrons. The Morgan fingerprint density at radius 3 is 2.88 bits per heavy atom. The summed E-state index contributed by atoms with van der Waals surface area (Å²) in [7, 11) is 0. The van der Waals surface area contributed by atoms with Crippen LogP contribution in [-0.2, 0) is 16.1 Å². The van der Waals surface area contributed by atoms with Crippen molar-refractivity contribution in [2.24, 2.45) is 0 Å². The maximum atomic E-state index is 12.3. The molecule has 0 bridgehead atoms. The van der Waals surface area contributed by atoms with Gasteiger partial charge in [-0.25, -0.2) is 4.98 Å². The van der Waals surface area contributed by atoms with Crippen LogP contribution >= 0.6 is 24.8 Å². The van der Waals surface area contributed by atoms with Crippen LogP contribution in [0.2, 0.25) is 0 Å². The van der Waals surface area contributed by atoms with E-state index < -0.39 is 0 Å². The van der Waals surface area contributed by atoms with Crippen LogP contribution in [0.4, 0.5) is 0 Å². The van der Waals surface area contributed by atoms with Gasteiger partial charge in [-0.3, -0.25) is 4.79 Å². The number of aromatic nitrogens is 2. The Labute approximate surface area is 160 Å². The molecule has 2 atom stereocenters. The van der Waals surface area contributed by atoms with Gasteiger partial charge in [0.15, 0.2) is 0 Å². The number of para-hydroxylation sites is 2. The molecule has 2 aromatic rings. The zero-order valence-electron chi connectivity index (χ0n) is 14.5. The van der Waals surface area contributed by atoms with Crippen LogP contribution in [0.3, 0.4) is 0 Å². The van der Waals surface area contributed by atoms with Gasteiger partial charge in [-0.15, -0.1) is 24.8 Å². The first-order chi connectivity index (χ1) is 11.2. The summed E-state index contributed by atoms with van der Waals surface area (Å²) in [6, 6.07) is 8.03. The number of amides is 1. The lowest BCUT2D eigenvalue weighted by Gasteiger charge is -2.24. The number of carbonyl (C=O) groups is 1. The van der Waals surface area contributed by atoms with E-state index in [1.807, 2.05) is 25.1 Å². The van der Waals surface area contributed by atoms with E-state index in [-0.39, 0.29) is 42.8 Å². The van der Waals surface area contributed by atoms with Crippen molar-refractivity contribution in [3.8, 4) is 0 Å². The predicted molar refractivity (Wildman–Crippen MR) is 104 cm³/mol. The Hall–Kier alpha value is -1.34. The number of carbonyl (C=O) groups excluding carboxylic acids is 1. The minimum Gasteiger partial charge on any atom is -0.378 e. The molecule has 3 rings (SSSR count). The van der Waals surface area contributed by atoms with Crippen molar-refractivity contribution in [3.05, 3.63) is 30.1 Å². The average Bonchev–Trinajstić information content (AvgIpc) is 2.94. The SMILES string of the molecule is CCn1c(C(C)NC(=O)CC2COCCN2)nc2ccccc21.Cl.Cl. The average molecular weight is 389 g/mol. The first-order valence-electron chi connectivity index (χ1n) is 8.24. The van der Waals surface area contributed by atoms with E-state index in [9.17, 15) is 4.79 Å². The molecule has 0 spiro atoms. The predicted octanol–water partition coefficient (Wildman–Crippen LogP) is 2.46. The molecular formula is C17H26Cl2N4O2. The van der Waals surface area contributed by atoms with Gasteiger partial charge < -0.3 is 19.9 Å². The van der Waals surface area contributed by atoms with Gasteiger partial charge in [0, 0.05) is 25.6 Å². The van der Waals surface area contributed by atoms with E-state index in [0.717, 1.165) is 36.6 Å². The van der Waals surface area contributed by atoms with Gasteiger partial charge in [-0.2, -0.15) is 0 Å². The molecule has 2 unspecified atom stereocenters. The molecule has 6 nitrogen and oxygen atoms in total. The van der Waals surface area contributed by atoms with Gasteiger partial charge in [0.1, 0.15) is 5.82 Å². The molecule has 2 heterocycles. The number of imidazole rings is 1. The van der Waals surface area contributed by atoms with Crippen LogP contribution in [-0.4, -0.2) is 41.3 Å². The standard InChI is InChI=1S/C17H24N4O2.2ClH/c1-3-21-15-7-5-4-6-14(15)20-17(21)12(2)19-16(22)10-13-11-23-9-8-18-13;;/h4-7,12-13,18H,3,8-11H2,1-2H3,(H,19,22);2*1H. The molecule has 1 aromatic heterocycles. The van der Waals surface area contributed by atoms with Crippen LogP contribution in [0.5, 0.6) is 0 Å². The Morgan fingerprint density at radius 1 is 1.44 bits per heavy atom. The number of morpholine rings is 1. The fourth-order valence-corrected chi connectivity index (χ4v) is 3.10. The monoisotopic (exact) mass is 388 g/mol. The van der Waals surface area contributed by atoms with E-state index in [0.29, 0.717) is 13.0 Å². The summed E-state index contributed by atoms with van der Waals surface area (Å²) in [5.74, 6) is 0.921. The largest absolute Gasteiger partial charge is 0.378 e. The Bertz CT molecular complexity index is 686. The van der Waals surface area contributed by atoms with Gasteiger partial charge in [0.2, 0.25) is 5.91 Å². The highest BCUT2D eigenvalue weighted by Crippen LogP contribution is 2.20. The Kier molecular flexibility index (Phi) is 8.65. The second-order valence-electron chi connectivity index (χ2n) is 5.92. The molecule has 1 aromatic carbocycles. The van der Waals surface area contributed by atoms with Crippen LogP contribution in [0.25, 0.3) is 11.0 Å². The summed E-state index contributed by atoms with van der Waals surface area (Å²) < 4.78 is 7.55. The number of rotatable bonds is 5. The van der Waals surface area contributed by atoms with Crippen molar-refractivity contribution in [2.45, 2.75) is 38.9 Å². The Morgan fingerprint density at radius 2 is 2.20 bits per heavy atom. The first kappa shape index (κ1) is 21.7. The molecule has 0 aliphatic carbocycles. The third kappa shape index (κ3) is 5.07. The topological polar surface area (TPSA) is 68.2 Å². The van der Waals surface area contributed by atoms with Crippen molar-refractivity contribution < 1.29 is 9.53 Å².